The Morgan fingerprint density at radius 2 is 0.973 bits per heavy atom. The van der Waals surface area contributed by atoms with Gasteiger partial charge in [-0.15, -0.1) is 15.3 Å². The van der Waals surface area contributed by atoms with E-state index >= 15 is 0 Å². The molecular weight excluding hydrogens is 1150 g/mol. The number of anilines is 2. The Hall–Kier alpha value is -6.41. The fourth-order valence-corrected chi connectivity index (χ4v) is 8.77. The maximum atomic E-state index is 13.3. The van der Waals surface area contributed by atoms with Crippen LogP contribution < -0.4 is 25.2 Å². The molecule has 4 N–H and O–H groups in total. The third-order valence-corrected chi connectivity index (χ3v) is 13.5. The maximum absolute atomic E-state index is 13.3. The van der Waals surface area contributed by atoms with Gasteiger partial charge >= 0.3 is 48.9 Å². The average Bonchev–Trinajstić information content (AvgIpc) is 3.35. The number of hydrogen-bond acceptors (Lipinski definition) is 15. The van der Waals surface area contributed by atoms with Crippen LogP contribution in [0, 0.1) is 13.8 Å². The van der Waals surface area contributed by atoms with Gasteiger partial charge in [0, 0.05) is 27.7 Å². The van der Waals surface area contributed by atoms with Gasteiger partial charge in [0.15, 0.2) is 5.75 Å². The van der Waals surface area contributed by atoms with Crippen LogP contribution in [0.1, 0.15) is 31.8 Å². The first-order valence-corrected chi connectivity index (χ1v) is 24.5. The Morgan fingerprint density at radius 3 is 1.44 bits per heavy atom. The summed E-state index contributed by atoms with van der Waals surface area (Å²) in [5.41, 5.74) is 0.617. The van der Waals surface area contributed by atoms with Crippen molar-refractivity contribution >= 4 is 160 Å². The Bertz CT molecular complexity index is 3490. The molecule has 0 aromatic heterocycles. The summed E-state index contributed by atoms with van der Waals surface area (Å²) in [5, 5.41) is 47.4. The normalized spacial score (nSPS) is 11.5. The summed E-state index contributed by atoms with van der Waals surface area (Å²) in [7, 11) is -6.55. The van der Waals surface area contributed by atoms with Crippen molar-refractivity contribution in [2.45, 2.75) is 23.6 Å². The zero-order chi connectivity index (χ0) is 52.1. The zero-order valence-corrected chi connectivity index (χ0v) is 46.3. The van der Waals surface area contributed by atoms with Crippen molar-refractivity contribution in [1.82, 2.24) is 0 Å². The van der Waals surface area contributed by atoms with E-state index in [4.69, 9.17) is 32.7 Å². The van der Waals surface area contributed by atoms with E-state index in [9.17, 15) is 45.7 Å². The number of carbonyl (C=O) groups is 2. The molecular formula is C50H38BaCl2N6O12S2. The van der Waals surface area contributed by atoms with Gasteiger partial charge < -0.3 is 34.9 Å². The number of azo groups is 2. The van der Waals surface area contributed by atoms with Crippen LogP contribution in [0.25, 0.3) is 21.5 Å². The van der Waals surface area contributed by atoms with Crippen LogP contribution in [0.2, 0.25) is 10.0 Å². The molecule has 8 aromatic rings. The summed E-state index contributed by atoms with van der Waals surface area (Å²) in [6.07, 6.45) is 0. The molecule has 0 aliphatic heterocycles. The molecule has 0 saturated heterocycles. The van der Waals surface area contributed by atoms with Crippen molar-refractivity contribution in [3.8, 4) is 23.0 Å². The molecule has 73 heavy (non-hydrogen) atoms. The number of fused-ring (bicyclic) bond motifs is 2. The Morgan fingerprint density at radius 1 is 0.575 bits per heavy atom. The van der Waals surface area contributed by atoms with E-state index in [1.54, 1.807) is 111 Å². The number of carbonyl (C=O) groups excluding carboxylic acids is 2. The molecule has 8 aromatic carbocycles. The molecule has 0 unspecified atom stereocenters. The number of aromatic hydroxyl groups is 1. The van der Waals surface area contributed by atoms with Crippen molar-refractivity contribution in [2.24, 2.45) is 20.5 Å². The van der Waals surface area contributed by atoms with Gasteiger partial charge in [0.05, 0.1) is 40.4 Å². The topological polar surface area (TPSA) is 281 Å². The number of halogens is 2. The van der Waals surface area contributed by atoms with Crippen LogP contribution in [-0.2, 0) is 20.2 Å². The number of methoxy groups -OCH3 is 2. The smallest absolute Gasteiger partial charge is 0.870 e. The maximum Gasteiger partial charge on any atom is 2.00 e. The van der Waals surface area contributed by atoms with Crippen molar-refractivity contribution < 1.29 is 55.2 Å². The standard InChI is InChI=1S/2C25H20ClN3O6S.Ba/c2*1-14-7-12-20(36(32,33)34)23(21(14)26)29-28-22-18-6-4-3-5-15(18)13-19(24(22)30)25(31)27-16-8-10-17(35-2)11-9-16;/h2*3-13,30H,1-2H3,(H,27,31)(H,32,33,34);/q;;+2/p-2. The molecule has 0 heterocycles. The minimum atomic E-state index is -4.93. The molecule has 0 fully saturated rings. The van der Waals surface area contributed by atoms with Gasteiger partial charge in [-0.25, -0.2) is 8.42 Å². The van der Waals surface area contributed by atoms with Crippen molar-refractivity contribution in [1.29, 1.82) is 0 Å². The summed E-state index contributed by atoms with van der Waals surface area (Å²) in [6.45, 7) is 3.23. The molecule has 18 nitrogen and oxygen atoms in total. The van der Waals surface area contributed by atoms with Gasteiger partial charge in [0.25, 0.3) is 21.9 Å². The molecule has 8 rings (SSSR count). The summed E-state index contributed by atoms with van der Waals surface area (Å²) < 4.78 is 78.7. The fraction of sp³-hybridized carbons (Fsp3) is 0.0800. The SMILES string of the molecule is COc1ccc(NC(=O)c2cc3ccccc3c(N=Nc3c(S(=O)(=O)O)ccc(C)c3Cl)c2O)cc1.COc1ccc(NC(=O)c2cc3ccccc3c(N=Nc3c(S(=O)(=O)[O-])ccc(C)c3Cl)c2[O-])cc1.[Ba+2]. The largest absolute Gasteiger partial charge is 2.00 e. The van der Waals surface area contributed by atoms with Crippen molar-refractivity contribution in [3.63, 3.8) is 0 Å². The second kappa shape index (κ2) is 23.6. The van der Waals surface area contributed by atoms with Crippen molar-refractivity contribution in [3.05, 3.63) is 166 Å². The van der Waals surface area contributed by atoms with E-state index < -0.39 is 53.3 Å². The molecule has 0 bridgehead atoms. The molecule has 2 amide bonds. The van der Waals surface area contributed by atoms with E-state index in [1.807, 2.05) is 0 Å². The predicted octanol–water partition coefficient (Wildman–Crippen LogP) is 11.5. The molecule has 0 spiro atoms. The van der Waals surface area contributed by atoms with E-state index in [2.05, 4.69) is 31.1 Å². The van der Waals surface area contributed by atoms with Gasteiger partial charge in [-0.2, -0.15) is 13.5 Å². The van der Waals surface area contributed by atoms with Gasteiger partial charge in [0.1, 0.15) is 43.6 Å². The number of hydrogen-bond donors (Lipinski definition) is 4. The Labute approximate surface area is 468 Å². The average molecular weight is 1190 g/mol. The molecule has 23 heteroatoms. The second-order valence-electron chi connectivity index (χ2n) is 15.4. The van der Waals surface area contributed by atoms with Gasteiger partial charge in [-0.1, -0.05) is 89.6 Å². The fourth-order valence-electron chi connectivity index (χ4n) is 7.01. The second-order valence-corrected chi connectivity index (χ2v) is 18.9. The third kappa shape index (κ3) is 12.9. The minimum absolute atomic E-state index is 0. The zero-order valence-electron chi connectivity index (χ0n) is 38.7. The summed E-state index contributed by atoms with van der Waals surface area (Å²) in [5.74, 6) is -1.28. The molecule has 0 aliphatic rings. The number of phenolic OH excluding ortho intramolecular Hbond substituents is 1. The van der Waals surface area contributed by atoms with E-state index in [1.165, 1.54) is 38.5 Å². The molecule has 0 atom stereocenters. The first-order valence-electron chi connectivity index (χ1n) is 20.9. The number of nitrogens with zero attached hydrogens (tertiary/aromatic N) is 4. The van der Waals surface area contributed by atoms with Crippen LogP contribution >= 0.6 is 23.2 Å². The predicted molar refractivity (Wildman–Crippen MR) is 275 cm³/mol. The van der Waals surface area contributed by atoms with E-state index in [0.717, 1.165) is 12.1 Å². The third-order valence-electron chi connectivity index (χ3n) is 10.7. The minimum Gasteiger partial charge on any atom is -0.870 e. The molecule has 0 saturated carbocycles. The number of amides is 2. The van der Waals surface area contributed by atoms with Crippen molar-refractivity contribution in [2.75, 3.05) is 24.9 Å². The van der Waals surface area contributed by atoms with Crippen LogP contribution in [0.15, 0.2) is 164 Å². The Balaban J connectivity index is 0.000000235. The molecule has 0 aliphatic carbocycles. The Kier molecular flexibility index (Phi) is 18.1. The van der Waals surface area contributed by atoms with Gasteiger partial charge in [-0.3, -0.25) is 14.1 Å². The number of ether oxygens (including phenoxy) is 2. The summed E-state index contributed by atoms with van der Waals surface area (Å²) in [4.78, 5) is 24.8. The molecule has 0 radical (unpaired) electrons. The summed E-state index contributed by atoms with van der Waals surface area (Å²) >= 11 is 12.5. The van der Waals surface area contributed by atoms with Gasteiger partial charge in [0.2, 0.25) is 0 Å². The first kappa shape index (κ1) is 55.9. The van der Waals surface area contributed by atoms with Crippen LogP contribution in [0.4, 0.5) is 34.1 Å². The number of benzene rings is 8. The first-order chi connectivity index (χ1) is 34.2. The van der Waals surface area contributed by atoms with Gasteiger partial charge in [-0.05, 0) is 109 Å². The van der Waals surface area contributed by atoms with E-state index in [-0.39, 0.29) is 92.8 Å². The van der Waals surface area contributed by atoms with E-state index in [0.29, 0.717) is 55.5 Å². The number of phenols is 1. The summed E-state index contributed by atoms with van der Waals surface area (Å²) in [6, 6.07) is 34.7. The van der Waals surface area contributed by atoms with Crippen LogP contribution in [-0.4, -0.2) is 106 Å². The number of aryl methyl sites for hydroxylation is 2. The number of nitrogens with one attached hydrogen (secondary N) is 2. The molecule has 368 valence electrons. The van der Waals surface area contributed by atoms with Crippen LogP contribution in [0.5, 0.6) is 23.0 Å². The quantitative estimate of drug-likeness (QED) is 0.0505. The van der Waals surface area contributed by atoms with Crippen LogP contribution in [0.3, 0.4) is 0 Å². The monoisotopic (exact) mass is 1190 g/mol. The number of rotatable bonds is 12.